The minimum Gasteiger partial charge on any atom is -0.457 e. The molecular formula is C30H29BrCl2N2O4. The molecule has 0 radical (unpaired) electrons. The highest BCUT2D eigenvalue weighted by molar-refractivity contribution is 9.10. The molecule has 2 unspecified atom stereocenters. The van der Waals surface area contributed by atoms with Crippen LogP contribution in [0.25, 0.3) is 0 Å². The lowest BCUT2D eigenvalue weighted by atomic mass is 9.88. The van der Waals surface area contributed by atoms with Gasteiger partial charge in [-0.1, -0.05) is 75.0 Å². The number of aryl methyl sites for hydroxylation is 1. The summed E-state index contributed by atoms with van der Waals surface area (Å²) in [6.45, 7) is 3.80. The van der Waals surface area contributed by atoms with Crippen molar-refractivity contribution in [3.8, 4) is 11.5 Å². The molecule has 2 fully saturated rings. The number of hydrogen-bond acceptors (Lipinski definition) is 4. The van der Waals surface area contributed by atoms with Crippen molar-refractivity contribution in [1.82, 2.24) is 9.80 Å². The molecule has 2 aliphatic rings. The highest BCUT2D eigenvalue weighted by Crippen LogP contribution is 2.36. The first-order valence-corrected chi connectivity index (χ1v) is 14.5. The molecule has 0 saturated carbocycles. The molecule has 39 heavy (non-hydrogen) atoms. The second kappa shape index (κ2) is 12.3. The summed E-state index contributed by atoms with van der Waals surface area (Å²) in [5, 5.41) is 0.800. The SMILES string of the molecule is Cc1ccc(C2OCCCC2CN2CCC(=O)N(Cc3ccc(Br)cc3Oc3ccc(Cl)c(Cl)c3)C2=O)cc1. The average molecular weight is 632 g/mol. The second-order valence-electron chi connectivity index (χ2n) is 9.99. The Morgan fingerprint density at radius 1 is 1.03 bits per heavy atom. The van der Waals surface area contributed by atoms with Crippen molar-refractivity contribution < 1.29 is 19.1 Å². The smallest absolute Gasteiger partial charge is 0.327 e. The molecule has 0 aromatic heterocycles. The molecule has 2 saturated heterocycles. The van der Waals surface area contributed by atoms with Crippen LogP contribution in [0.3, 0.4) is 0 Å². The normalized spacial score (nSPS) is 19.9. The maximum atomic E-state index is 13.6. The lowest BCUT2D eigenvalue weighted by molar-refractivity contribution is -0.132. The minimum absolute atomic E-state index is 0.0732. The largest absolute Gasteiger partial charge is 0.457 e. The van der Waals surface area contributed by atoms with Crippen LogP contribution in [0.4, 0.5) is 4.79 Å². The summed E-state index contributed by atoms with van der Waals surface area (Å²) in [6, 6.07) is 18.6. The van der Waals surface area contributed by atoms with Crippen LogP contribution in [0.2, 0.25) is 10.0 Å². The van der Waals surface area contributed by atoms with Gasteiger partial charge in [-0.25, -0.2) is 4.79 Å². The first-order chi connectivity index (χ1) is 18.8. The lowest BCUT2D eigenvalue weighted by Gasteiger charge is -2.39. The third kappa shape index (κ3) is 6.60. The number of urea groups is 1. The van der Waals surface area contributed by atoms with Gasteiger partial charge in [0.05, 0.1) is 22.7 Å². The van der Waals surface area contributed by atoms with E-state index in [1.807, 2.05) is 12.1 Å². The number of carbonyl (C=O) groups is 2. The number of halogens is 3. The van der Waals surface area contributed by atoms with Crippen LogP contribution in [0.5, 0.6) is 11.5 Å². The van der Waals surface area contributed by atoms with Crippen molar-refractivity contribution in [3.63, 3.8) is 0 Å². The average Bonchev–Trinajstić information content (AvgIpc) is 2.92. The van der Waals surface area contributed by atoms with Gasteiger partial charge in [-0.05, 0) is 49.6 Å². The number of benzene rings is 3. The standard InChI is InChI=1S/C30H29BrCl2N2O4/c1-19-4-6-20(7-5-19)29-22(3-2-14-38-29)17-34-13-12-28(36)35(30(34)37)18-21-8-9-23(31)15-27(21)39-24-10-11-25(32)26(33)16-24/h4-11,15-16,22,29H,2-3,12-14,17-18H2,1H3. The van der Waals surface area contributed by atoms with E-state index in [0.29, 0.717) is 46.8 Å². The van der Waals surface area contributed by atoms with Gasteiger partial charge in [0.15, 0.2) is 0 Å². The molecule has 9 heteroatoms. The van der Waals surface area contributed by atoms with Crippen LogP contribution in [-0.4, -0.2) is 41.4 Å². The molecule has 6 nitrogen and oxygen atoms in total. The molecule has 0 N–H and O–H groups in total. The Bertz CT molecular complexity index is 1370. The Hall–Kier alpha value is -2.58. The third-order valence-electron chi connectivity index (χ3n) is 7.18. The first kappa shape index (κ1) is 28.0. The molecule has 2 heterocycles. The molecule has 0 spiro atoms. The zero-order valence-electron chi connectivity index (χ0n) is 21.5. The highest BCUT2D eigenvalue weighted by atomic mass is 79.9. The predicted molar refractivity (Wildman–Crippen MR) is 155 cm³/mol. The summed E-state index contributed by atoms with van der Waals surface area (Å²) < 4.78 is 13.1. The van der Waals surface area contributed by atoms with E-state index in [4.69, 9.17) is 32.7 Å². The van der Waals surface area contributed by atoms with E-state index in [1.54, 1.807) is 29.2 Å². The van der Waals surface area contributed by atoms with E-state index in [1.165, 1.54) is 10.5 Å². The number of nitrogens with zero attached hydrogens (tertiary/aromatic N) is 2. The van der Waals surface area contributed by atoms with E-state index in [-0.39, 0.29) is 36.9 Å². The van der Waals surface area contributed by atoms with Crippen molar-refractivity contribution in [2.24, 2.45) is 5.92 Å². The number of carbonyl (C=O) groups excluding carboxylic acids is 2. The van der Waals surface area contributed by atoms with Gasteiger partial charge in [0.2, 0.25) is 5.91 Å². The van der Waals surface area contributed by atoms with E-state index in [9.17, 15) is 9.59 Å². The first-order valence-electron chi connectivity index (χ1n) is 13.0. The summed E-state index contributed by atoms with van der Waals surface area (Å²) in [5.74, 6) is 0.970. The molecule has 3 amide bonds. The van der Waals surface area contributed by atoms with Gasteiger partial charge in [0.1, 0.15) is 11.5 Å². The Morgan fingerprint density at radius 2 is 1.82 bits per heavy atom. The van der Waals surface area contributed by atoms with Crippen LogP contribution >= 0.6 is 39.1 Å². The van der Waals surface area contributed by atoms with Crippen molar-refractivity contribution in [2.75, 3.05) is 19.7 Å². The summed E-state index contributed by atoms with van der Waals surface area (Å²) in [6.07, 6.45) is 2.11. The number of hydrogen-bond donors (Lipinski definition) is 0. The van der Waals surface area contributed by atoms with Gasteiger partial charge < -0.3 is 14.4 Å². The fraction of sp³-hybridized carbons (Fsp3) is 0.333. The molecule has 3 aromatic rings. The number of amides is 3. The molecular weight excluding hydrogens is 603 g/mol. The van der Waals surface area contributed by atoms with E-state index in [2.05, 4.69) is 47.1 Å². The zero-order valence-corrected chi connectivity index (χ0v) is 24.6. The second-order valence-corrected chi connectivity index (χ2v) is 11.7. The zero-order chi connectivity index (χ0) is 27.5. The molecule has 3 aromatic carbocycles. The minimum atomic E-state index is -0.289. The van der Waals surface area contributed by atoms with E-state index >= 15 is 0 Å². The maximum absolute atomic E-state index is 13.6. The molecule has 2 atom stereocenters. The van der Waals surface area contributed by atoms with Gasteiger partial charge in [-0.3, -0.25) is 9.69 Å². The van der Waals surface area contributed by atoms with Crippen molar-refractivity contribution in [1.29, 1.82) is 0 Å². The molecule has 5 rings (SSSR count). The topological polar surface area (TPSA) is 59.1 Å². The van der Waals surface area contributed by atoms with E-state index in [0.717, 1.165) is 22.9 Å². The van der Waals surface area contributed by atoms with Gasteiger partial charge in [0.25, 0.3) is 0 Å². The summed E-state index contributed by atoms with van der Waals surface area (Å²) in [4.78, 5) is 29.7. The molecule has 204 valence electrons. The monoisotopic (exact) mass is 630 g/mol. The van der Waals surface area contributed by atoms with Crippen molar-refractivity contribution >= 4 is 51.1 Å². The molecule has 2 aliphatic heterocycles. The molecule has 0 aliphatic carbocycles. The van der Waals surface area contributed by atoms with Crippen LogP contribution < -0.4 is 4.74 Å². The number of ether oxygens (including phenoxy) is 2. The highest BCUT2D eigenvalue weighted by Gasteiger charge is 2.36. The van der Waals surface area contributed by atoms with Gasteiger partial charge in [-0.2, -0.15) is 0 Å². The van der Waals surface area contributed by atoms with Gasteiger partial charge in [0, 0.05) is 48.1 Å². The third-order valence-corrected chi connectivity index (χ3v) is 8.41. The Balaban J connectivity index is 1.33. The number of rotatable bonds is 7. The van der Waals surface area contributed by atoms with Gasteiger partial charge >= 0.3 is 6.03 Å². The van der Waals surface area contributed by atoms with Crippen LogP contribution in [0.15, 0.2) is 65.1 Å². The Labute approximate surface area is 246 Å². The van der Waals surface area contributed by atoms with Crippen molar-refractivity contribution in [2.45, 2.75) is 38.8 Å². The van der Waals surface area contributed by atoms with E-state index < -0.39 is 0 Å². The van der Waals surface area contributed by atoms with Crippen LogP contribution in [0, 0.1) is 12.8 Å². The maximum Gasteiger partial charge on any atom is 0.327 e. The van der Waals surface area contributed by atoms with Crippen LogP contribution in [-0.2, 0) is 16.1 Å². The van der Waals surface area contributed by atoms with Crippen LogP contribution in [0.1, 0.15) is 42.1 Å². The predicted octanol–water partition coefficient (Wildman–Crippen LogP) is 8.18. The summed E-state index contributed by atoms with van der Waals surface area (Å²) in [7, 11) is 0. The summed E-state index contributed by atoms with van der Waals surface area (Å²) >= 11 is 15.7. The van der Waals surface area contributed by atoms with Crippen molar-refractivity contribution in [3.05, 3.63) is 91.9 Å². The fourth-order valence-corrected chi connectivity index (χ4v) is 5.72. The number of imide groups is 1. The lowest BCUT2D eigenvalue weighted by Crippen LogP contribution is -2.53. The van der Waals surface area contributed by atoms with Gasteiger partial charge in [-0.15, -0.1) is 0 Å². The Morgan fingerprint density at radius 3 is 2.59 bits per heavy atom. The molecule has 0 bridgehead atoms. The quantitative estimate of drug-likeness (QED) is 0.264. The summed E-state index contributed by atoms with van der Waals surface area (Å²) in [5.41, 5.74) is 3.02. The fourth-order valence-electron chi connectivity index (χ4n) is 5.09. The Kier molecular flexibility index (Phi) is 8.82.